The number of nitrogens with zero attached hydrogens (tertiary/aromatic N) is 2. The molecule has 6 nitrogen and oxygen atoms in total. The Balaban J connectivity index is 2.03. The minimum atomic E-state index is -0.684. The molecular formula is C27H33ClN2O4. The van der Waals surface area contributed by atoms with Crippen LogP contribution in [0.5, 0.6) is 5.75 Å². The lowest BCUT2D eigenvalue weighted by Crippen LogP contribution is -2.32. The number of amides is 1. The van der Waals surface area contributed by atoms with Crippen LogP contribution < -0.4 is 4.74 Å². The summed E-state index contributed by atoms with van der Waals surface area (Å²) in [7, 11) is 3.92. The van der Waals surface area contributed by atoms with Gasteiger partial charge in [0.2, 0.25) is 0 Å². The Morgan fingerprint density at radius 3 is 2.41 bits per heavy atom. The number of carbonyl (C=O) groups is 2. The van der Waals surface area contributed by atoms with Crippen molar-refractivity contribution in [2.24, 2.45) is 5.92 Å². The van der Waals surface area contributed by atoms with E-state index >= 15 is 0 Å². The quantitative estimate of drug-likeness (QED) is 0.306. The lowest BCUT2D eigenvalue weighted by atomic mass is 9.94. The average Bonchev–Trinajstić information content (AvgIpc) is 3.03. The lowest BCUT2D eigenvalue weighted by molar-refractivity contribution is -0.139. The Morgan fingerprint density at radius 1 is 1.15 bits per heavy atom. The summed E-state index contributed by atoms with van der Waals surface area (Å²) in [5.74, 6) is -0.361. The highest BCUT2D eigenvalue weighted by atomic mass is 35.5. The van der Waals surface area contributed by atoms with Crippen LogP contribution in [-0.2, 0) is 9.59 Å². The van der Waals surface area contributed by atoms with Crippen LogP contribution in [0, 0.1) is 12.8 Å². The number of aliphatic hydroxyl groups excluding tert-OH is 1. The molecule has 34 heavy (non-hydrogen) atoms. The van der Waals surface area contributed by atoms with Gasteiger partial charge in [0.15, 0.2) is 0 Å². The standard InChI is InChI=1S/C27H33ClN2O4/c1-17(2)16-34-22-12-9-20(15-18(22)3)25(31)23-24(19-7-10-21(28)11-8-19)30(27(33)26(23)32)14-6-13-29(4)5/h7-12,15,17,24,31H,6,13-14,16H2,1-5H3. The second-order valence-electron chi connectivity index (χ2n) is 9.39. The van der Waals surface area contributed by atoms with Gasteiger partial charge in [-0.3, -0.25) is 9.59 Å². The fourth-order valence-corrected chi connectivity index (χ4v) is 4.16. The average molecular weight is 485 g/mol. The molecule has 2 aromatic rings. The molecule has 0 saturated carbocycles. The van der Waals surface area contributed by atoms with Crippen molar-refractivity contribution in [1.29, 1.82) is 0 Å². The molecule has 7 heteroatoms. The number of carbonyl (C=O) groups excluding carboxylic acids is 2. The molecule has 1 N–H and O–H groups in total. The summed E-state index contributed by atoms with van der Waals surface area (Å²) >= 11 is 6.08. The number of ketones is 1. The van der Waals surface area contributed by atoms with E-state index in [0.717, 1.165) is 23.4 Å². The third kappa shape index (κ3) is 5.80. The molecule has 0 bridgehead atoms. The van der Waals surface area contributed by atoms with E-state index in [1.54, 1.807) is 47.4 Å². The number of rotatable bonds is 9. The van der Waals surface area contributed by atoms with Crippen LogP contribution in [0.15, 0.2) is 48.0 Å². The Morgan fingerprint density at radius 2 is 1.82 bits per heavy atom. The molecule has 1 amide bonds. The summed E-state index contributed by atoms with van der Waals surface area (Å²) in [6.07, 6.45) is 0.700. The van der Waals surface area contributed by atoms with E-state index in [1.807, 2.05) is 25.9 Å². The molecule has 0 aromatic heterocycles. The summed E-state index contributed by atoms with van der Waals surface area (Å²) < 4.78 is 5.84. The molecule has 1 aliphatic rings. The minimum absolute atomic E-state index is 0.0902. The summed E-state index contributed by atoms with van der Waals surface area (Å²) in [4.78, 5) is 29.7. The third-order valence-electron chi connectivity index (χ3n) is 5.75. The summed E-state index contributed by atoms with van der Waals surface area (Å²) in [6, 6.07) is 11.6. The zero-order valence-electron chi connectivity index (χ0n) is 20.5. The van der Waals surface area contributed by atoms with Crippen molar-refractivity contribution in [3.63, 3.8) is 0 Å². The first kappa shape index (κ1) is 25.8. The van der Waals surface area contributed by atoms with Crippen LogP contribution in [-0.4, -0.2) is 60.4 Å². The molecule has 2 aromatic carbocycles. The molecule has 1 unspecified atom stereocenters. The molecule has 1 fully saturated rings. The van der Waals surface area contributed by atoms with Gasteiger partial charge >= 0.3 is 0 Å². The molecule has 0 spiro atoms. The Bertz CT molecular complexity index is 1080. The maximum atomic E-state index is 13.1. The molecule has 0 aliphatic carbocycles. The second kappa shape index (κ2) is 11.1. The second-order valence-corrected chi connectivity index (χ2v) is 9.82. The van der Waals surface area contributed by atoms with Gasteiger partial charge in [-0.1, -0.05) is 37.6 Å². The van der Waals surface area contributed by atoms with Gasteiger partial charge in [0.1, 0.15) is 11.5 Å². The molecule has 1 atom stereocenters. The first-order chi connectivity index (χ1) is 16.1. The van der Waals surface area contributed by atoms with Gasteiger partial charge in [0.05, 0.1) is 18.2 Å². The summed E-state index contributed by atoms with van der Waals surface area (Å²) in [6.45, 7) is 7.79. The predicted molar refractivity (Wildman–Crippen MR) is 135 cm³/mol. The van der Waals surface area contributed by atoms with Gasteiger partial charge < -0.3 is 19.6 Å². The van der Waals surface area contributed by atoms with Gasteiger partial charge in [-0.2, -0.15) is 0 Å². The maximum Gasteiger partial charge on any atom is 0.295 e. The molecule has 1 heterocycles. The molecular weight excluding hydrogens is 452 g/mol. The van der Waals surface area contributed by atoms with E-state index < -0.39 is 17.7 Å². The molecule has 182 valence electrons. The van der Waals surface area contributed by atoms with Crippen LogP contribution in [0.1, 0.15) is 43.0 Å². The van der Waals surface area contributed by atoms with Crippen molar-refractivity contribution in [2.45, 2.75) is 33.2 Å². The fourth-order valence-electron chi connectivity index (χ4n) is 4.03. The van der Waals surface area contributed by atoms with Crippen molar-refractivity contribution in [3.05, 3.63) is 69.8 Å². The van der Waals surface area contributed by atoms with Gasteiger partial charge in [-0.15, -0.1) is 0 Å². The largest absolute Gasteiger partial charge is 0.507 e. The monoisotopic (exact) mass is 484 g/mol. The van der Waals surface area contributed by atoms with E-state index in [4.69, 9.17) is 16.3 Å². The molecule has 1 saturated heterocycles. The molecule has 3 rings (SSSR count). The number of hydrogen-bond donors (Lipinski definition) is 1. The Hall–Kier alpha value is -2.83. The number of halogens is 1. The highest BCUT2D eigenvalue weighted by Gasteiger charge is 2.45. The topological polar surface area (TPSA) is 70.1 Å². The van der Waals surface area contributed by atoms with Gasteiger partial charge in [-0.25, -0.2) is 0 Å². The zero-order valence-corrected chi connectivity index (χ0v) is 21.2. The lowest BCUT2D eigenvalue weighted by Gasteiger charge is -2.26. The highest BCUT2D eigenvalue weighted by molar-refractivity contribution is 6.46. The molecule has 0 radical (unpaired) electrons. The van der Waals surface area contributed by atoms with E-state index in [0.29, 0.717) is 36.1 Å². The van der Waals surface area contributed by atoms with E-state index in [1.165, 1.54) is 0 Å². The Kier molecular flexibility index (Phi) is 8.39. The van der Waals surface area contributed by atoms with E-state index in [2.05, 4.69) is 13.8 Å². The number of benzene rings is 2. The first-order valence-electron chi connectivity index (χ1n) is 11.5. The normalized spacial score (nSPS) is 17.8. The van der Waals surface area contributed by atoms with Crippen LogP contribution in [0.25, 0.3) is 5.76 Å². The Labute approximate surface area is 206 Å². The first-order valence-corrected chi connectivity index (χ1v) is 11.9. The van der Waals surface area contributed by atoms with E-state index in [9.17, 15) is 14.7 Å². The van der Waals surface area contributed by atoms with Gasteiger partial charge in [0.25, 0.3) is 11.7 Å². The number of aryl methyl sites for hydroxylation is 1. The summed E-state index contributed by atoms with van der Waals surface area (Å²) in [5, 5.41) is 11.8. The molecule has 1 aliphatic heterocycles. The van der Waals surface area contributed by atoms with Crippen molar-refractivity contribution >= 4 is 29.1 Å². The van der Waals surface area contributed by atoms with Crippen molar-refractivity contribution < 1.29 is 19.4 Å². The predicted octanol–water partition coefficient (Wildman–Crippen LogP) is 5.06. The van der Waals surface area contributed by atoms with Gasteiger partial charge in [0, 0.05) is 17.1 Å². The maximum absolute atomic E-state index is 13.1. The van der Waals surface area contributed by atoms with Gasteiger partial charge in [-0.05, 0) is 81.4 Å². The smallest absolute Gasteiger partial charge is 0.295 e. The van der Waals surface area contributed by atoms with Crippen molar-refractivity contribution in [3.8, 4) is 5.75 Å². The van der Waals surface area contributed by atoms with Crippen LogP contribution in [0.2, 0.25) is 5.02 Å². The van der Waals surface area contributed by atoms with Crippen LogP contribution in [0.4, 0.5) is 0 Å². The minimum Gasteiger partial charge on any atom is -0.507 e. The third-order valence-corrected chi connectivity index (χ3v) is 6.00. The van der Waals surface area contributed by atoms with Crippen LogP contribution in [0.3, 0.4) is 0 Å². The fraction of sp³-hybridized carbons (Fsp3) is 0.407. The number of Topliss-reactive ketones (excluding diaryl/α,β-unsaturated/α-hetero) is 1. The SMILES string of the molecule is Cc1cc(C(O)=C2C(=O)C(=O)N(CCCN(C)C)C2c2ccc(Cl)cc2)ccc1OCC(C)C. The van der Waals surface area contributed by atoms with Crippen molar-refractivity contribution in [1.82, 2.24) is 9.80 Å². The highest BCUT2D eigenvalue weighted by Crippen LogP contribution is 2.40. The van der Waals surface area contributed by atoms with E-state index in [-0.39, 0.29) is 11.3 Å². The number of ether oxygens (including phenoxy) is 1. The zero-order chi connectivity index (χ0) is 25.0. The number of aliphatic hydroxyl groups is 1. The van der Waals surface area contributed by atoms with Crippen LogP contribution >= 0.6 is 11.6 Å². The number of likely N-dealkylation sites (tertiary alicyclic amines) is 1. The van der Waals surface area contributed by atoms with Crippen molar-refractivity contribution in [2.75, 3.05) is 33.8 Å². The summed E-state index contributed by atoms with van der Waals surface area (Å²) in [5.41, 5.74) is 2.13. The number of hydrogen-bond acceptors (Lipinski definition) is 5.